The molecule has 0 bridgehead atoms. The molecule has 0 aliphatic carbocycles. The van der Waals surface area contributed by atoms with E-state index in [2.05, 4.69) is 30.8 Å². The molecule has 0 spiro atoms. The van der Waals surface area contributed by atoms with Gasteiger partial charge in [0.25, 0.3) is 5.91 Å². The molecular formula is C20H24ClN5OS. The van der Waals surface area contributed by atoms with Crippen molar-refractivity contribution in [1.82, 2.24) is 19.7 Å². The SMILES string of the molecule is Cc1ccc(Cl)c2sc(N3CCN(C(=O)c4cc(C)n(C(C)C)n4)CC3)nc12. The number of thiazole rings is 1. The van der Waals surface area contributed by atoms with Gasteiger partial charge in [0.2, 0.25) is 0 Å². The normalized spacial score (nSPS) is 15.1. The molecule has 1 aliphatic rings. The zero-order valence-electron chi connectivity index (χ0n) is 16.6. The Bertz CT molecular complexity index is 994. The van der Waals surface area contributed by atoms with Gasteiger partial charge in [0.05, 0.1) is 15.2 Å². The highest BCUT2D eigenvalue weighted by Gasteiger charge is 2.26. The monoisotopic (exact) mass is 417 g/mol. The molecule has 148 valence electrons. The minimum Gasteiger partial charge on any atom is -0.345 e. The summed E-state index contributed by atoms with van der Waals surface area (Å²) in [5.41, 5.74) is 3.65. The van der Waals surface area contributed by atoms with Crippen molar-refractivity contribution in [2.24, 2.45) is 0 Å². The third kappa shape index (κ3) is 3.37. The Morgan fingerprint density at radius 2 is 1.89 bits per heavy atom. The molecular weight excluding hydrogens is 394 g/mol. The zero-order valence-corrected chi connectivity index (χ0v) is 18.1. The van der Waals surface area contributed by atoms with Crippen LogP contribution in [0, 0.1) is 13.8 Å². The van der Waals surface area contributed by atoms with E-state index in [0.717, 1.165) is 44.7 Å². The van der Waals surface area contributed by atoms with Crippen molar-refractivity contribution in [2.75, 3.05) is 31.1 Å². The van der Waals surface area contributed by atoms with Gasteiger partial charge in [-0.3, -0.25) is 9.48 Å². The molecule has 0 radical (unpaired) electrons. The summed E-state index contributed by atoms with van der Waals surface area (Å²) in [4.78, 5) is 21.8. The minimum atomic E-state index is 0.00494. The fraction of sp³-hybridized carbons (Fsp3) is 0.450. The number of anilines is 1. The largest absolute Gasteiger partial charge is 0.345 e. The number of halogens is 1. The molecule has 1 aromatic carbocycles. The second-order valence-electron chi connectivity index (χ2n) is 7.53. The Labute approximate surface area is 173 Å². The van der Waals surface area contributed by atoms with Gasteiger partial charge in [-0.2, -0.15) is 5.10 Å². The summed E-state index contributed by atoms with van der Waals surface area (Å²) in [7, 11) is 0. The second-order valence-corrected chi connectivity index (χ2v) is 8.91. The molecule has 1 saturated heterocycles. The number of hydrogen-bond donors (Lipinski definition) is 0. The maximum Gasteiger partial charge on any atom is 0.274 e. The number of rotatable bonds is 3. The Kier molecular flexibility index (Phi) is 5.05. The first-order valence-electron chi connectivity index (χ1n) is 9.51. The van der Waals surface area contributed by atoms with Gasteiger partial charge < -0.3 is 9.80 Å². The molecule has 6 nitrogen and oxygen atoms in total. The van der Waals surface area contributed by atoms with Crippen LogP contribution in [0.25, 0.3) is 10.2 Å². The van der Waals surface area contributed by atoms with Crippen LogP contribution >= 0.6 is 22.9 Å². The summed E-state index contributed by atoms with van der Waals surface area (Å²) in [6, 6.07) is 6.05. The van der Waals surface area contributed by atoms with Crippen LogP contribution in [0.5, 0.6) is 0 Å². The van der Waals surface area contributed by atoms with E-state index in [-0.39, 0.29) is 11.9 Å². The first-order valence-corrected chi connectivity index (χ1v) is 10.7. The average molecular weight is 418 g/mol. The Hall–Kier alpha value is -2.12. The average Bonchev–Trinajstić information content (AvgIpc) is 3.29. The van der Waals surface area contributed by atoms with Crippen LogP contribution in [0.15, 0.2) is 18.2 Å². The number of benzene rings is 1. The van der Waals surface area contributed by atoms with Crippen molar-refractivity contribution in [3.63, 3.8) is 0 Å². The standard InChI is InChI=1S/C20H24ClN5OS/c1-12(2)26-14(4)11-16(23-26)19(27)24-7-9-25(10-8-24)20-22-17-13(3)5-6-15(21)18(17)28-20/h5-6,11-12H,7-10H2,1-4H3. The van der Waals surface area contributed by atoms with Crippen LogP contribution in [-0.4, -0.2) is 51.8 Å². The molecule has 3 heterocycles. The smallest absolute Gasteiger partial charge is 0.274 e. The molecule has 0 unspecified atom stereocenters. The van der Waals surface area contributed by atoms with E-state index in [1.807, 2.05) is 34.7 Å². The highest BCUT2D eigenvalue weighted by molar-refractivity contribution is 7.22. The van der Waals surface area contributed by atoms with E-state index in [4.69, 9.17) is 16.6 Å². The lowest BCUT2D eigenvalue weighted by atomic mass is 10.2. The van der Waals surface area contributed by atoms with E-state index in [9.17, 15) is 4.79 Å². The molecule has 0 saturated carbocycles. The van der Waals surface area contributed by atoms with Gasteiger partial charge >= 0.3 is 0 Å². The lowest BCUT2D eigenvalue weighted by Crippen LogP contribution is -2.48. The van der Waals surface area contributed by atoms with Gasteiger partial charge in [0.1, 0.15) is 0 Å². The van der Waals surface area contributed by atoms with Crippen LogP contribution in [0.1, 0.15) is 41.6 Å². The number of carbonyl (C=O) groups is 1. The van der Waals surface area contributed by atoms with E-state index < -0.39 is 0 Å². The van der Waals surface area contributed by atoms with Crippen LogP contribution in [0.4, 0.5) is 5.13 Å². The molecule has 1 amide bonds. The van der Waals surface area contributed by atoms with Gasteiger partial charge in [-0.15, -0.1) is 0 Å². The number of fused-ring (bicyclic) bond motifs is 1. The molecule has 1 fully saturated rings. The first-order chi connectivity index (χ1) is 13.3. The molecule has 0 atom stereocenters. The number of nitrogens with zero attached hydrogens (tertiary/aromatic N) is 5. The maximum atomic E-state index is 12.9. The molecule has 8 heteroatoms. The maximum absolute atomic E-state index is 12.9. The highest BCUT2D eigenvalue weighted by atomic mass is 35.5. The third-order valence-corrected chi connectivity index (χ3v) is 6.73. The van der Waals surface area contributed by atoms with E-state index in [1.54, 1.807) is 11.3 Å². The molecule has 28 heavy (non-hydrogen) atoms. The fourth-order valence-corrected chi connectivity index (χ4v) is 4.97. The lowest BCUT2D eigenvalue weighted by molar-refractivity contribution is 0.0739. The summed E-state index contributed by atoms with van der Waals surface area (Å²) in [5.74, 6) is 0.00494. The van der Waals surface area contributed by atoms with Crippen molar-refractivity contribution in [2.45, 2.75) is 33.7 Å². The Morgan fingerprint density at radius 3 is 2.50 bits per heavy atom. The van der Waals surface area contributed by atoms with E-state index >= 15 is 0 Å². The van der Waals surface area contributed by atoms with Gasteiger partial charge in [-0.05, 0) is 45.4 Å². The first kappa shape index (κ1) is 19.2. The number of piperazine rings is 1. The van der Waals surface area contributed by atoms with Crippen molar-refractivity contribution in [3.8, 4) is 0 Å². The van der Waals surface area contributed by atoms with Gasteiger partial charge in [0, 0.05) is 37.9 Å². The molecule has 1 aliphatic heterocycles. The molecule has 4 rings (SSSR count). The van der Waals surface area contributed by atoms with Crippen molar-refractivity contribution in [3.05, 3.63) is 40.2 Å². The number of hydrogen-bond acceptors (Lipinski definition) is 5. The van der Waals surface area contributed by atoms with Crippen LogP contribution in [-0.2, 0) is 0 Å². The quantitative estimate of drug-likeness (QED) is 0.637. The summed E-state index contributed by atoms with van der Waals surface area (Å²) >= 11 is 7.96. The van der Waals surface area contributed by atoms with Gasteiger partial charge in [0.15, 0.2) is 10.8 Å². The summed E-state index contributed by atoms with van der Waals surface area (Å²) in [6.07, 6.45) is 0. The predicted molar refractivity (Wildman–Crippen MR) is 115 cm³/mol. The predicted octanol–water partition coefficient (Wildman–Crippen LogP) is 4.31. The zero-order chi connectivity index (χ0) is 20.0. The summed E-state index contributed by atoms with van der Waals surface area (Å²) in [6.45, 7) is 11.0. The van der Waals surface area contributed by atoms with Gasteiger partial charge in [-0.25, -0.2) is 4.98 Å². The molecule has 3 aromatic rings. The van der Waals surface area contributed by atoms with Crippen LogP contribution < -0.4 is 4.90 Å². The second kappa shape index (κ2) is 7.37. The highest BCUT2D eigenvalue weighted by Crippen LogP contribution is 2.35. The van der Waals surface area contributed by atoms with Crippen molar-refractivity contribution >= 4 is 44.2 Å². The summed E-state index contributed by atoms with van der Waals surface area (Å²) in [5, 5.41) is 6.21. The van der Waals surface area contributed by atoms with Crippen molar-refractivity contribution < 1.29 is 4.79 Å². The topological polar surface area (TPSA) is 54.3 Å². The Morgan fingerprint density at radius 1 is 1.18 bits per heavy atom. The van der Waals surface area contributed by atoms with E-state index in [0.29, 0.717) is 18.8 Å². The van der Waals surface area contributed by atoms with Gasteiger partial charge in [-0.1, -0.05) is 29.0 Å². The number of carbonyl (C=O) groups excluding carboxylic acids is 1. The lowest BCUT2D eigenvalue weighted by Gasteiger charge is -2.34. The van der Waals surface area contributed by atoms with Crippen molar-refractivity contribution in [1.29, 1.82) is 0 Å². The minimum absolute atomic E-state index is 0.00494. The Balaban J connectivity index is 1.47. The fourth-order valence-electron chi connectivity index (χ4n) is 3.60. The van der Waals surface area contributed by atoms with Crippen LogP contribution in [0.3, 0.4) is 0 Å². The summed E-state index contributed by atoms with van der Waals surface area (Å²) < 4.78 is 2.93. The molecule has 2 aromatic heterocycles. The van der Waals surface area contributed by atoms with E-state index in [1.165, 1.54) is 0 Å². The number of amides is 1. The molecule has 0 N–H and O–H groups in total. The number of aromatic nitrogens is 3. The number of aryl methyl sites for hydroxylation is 2. The van der Waals surface area contributed by atoms with Crippen LogP contribution in [0.2, 0.25) is 5.02 Å². The third-order valence-electron chi connectivity index (χ3n) is 5.15.